The van der Waals surface area contributed by atoms with Gasteiger partial charge in [-0.15, -0.1) is 0 Å². The van der Waals surface area contributed by atoms with Crippen molar-refractivity contribution in [2.45, 2.75) is 192 Å². The summed E-state index contributed by atoms with van der Waals surface area (Å²) in [5.74, 6) is -8.22. The van der Waals surface area contributed by atoms with Gasteiger partial charge >= 0.3 is 0 Å². The van der Waals surface area contributed by atoms with E-state index in [-0.39, 0.29) is 76.4 Å². The van der Waals surface area contributed by atoms with Gasteiger partial charge in [-0.3, -0.25) is 47.9 Å². The minimum absolute atomic E-state index is 0.0412. The topological polar surface area (TPSA) is 429 Å². The molecule has 502 valence electrons. The highest BCUT2D eigenvalue weighted by Gasteiger charge is 2.37. The molecule has 25 nitrogen and oxygen atoms in total. The fourth-order valence-electron chi connectivity index (χ4n) is 10.9. The molecule has 91 heavy (non-hydrogen) atoms. The van der Waals surface area contributed by atoms with Crippen LogP contribution in [-0.4, -0.2) is 151 Å². The van der Waals surface area contributed by atoms with E-state index in [2.05, 4.69) is 47.9 Å². The maximum Gasteiger partial charge on any atom is 0.243 e. The first kappa shape index (κ1) is 75.6. The SMILES string of the molecule is CCC(C)[C@H](NC(=O)[C@H](CCN)NC(=O)C(N)CC1CCCCC1)C(=O)N[C@@H](CCN)C(=O)N[C@H](Cc1ccccc1)C(=O)N[C@@H](CC(C)C)C(=O)N[C@@H](CCN)C(=O)N[C@H](CC(C)C)C(=O)N[C@@H](Cc1ccc(-c2ccccc2)cc1)C(=O)N[C@@H](CO)C(N)=O. The quantitative estimate of drug-likeness (QED) is 0.0369. The number of nitrogens with two attached hydrogens (primary N) is 5. The number of hydrogen-bond donors (Lipinski definition) is 15. The Morgan fingerprint density at radius 1 is 0.451 bits per heavy atom. The molecule has 0 saturated heterocycles. The first-order valence-corrected chi connectivity index (χ1v) is 32.1. The van der Waals surface area contributed by atoms with Gasteiger partial charge in [0.15, 0.2) is 0 Å². The van der Waals surface area contributed by atoms with E-state index in [1.165, 1.54) is 0 Å². The molecule has 0 heterocycles. The van der Waals surface area contributed by atoms with Gasteiger partial charge in [-0.05, 0) is 104 Å². The van der Waals surface area contributed by atoms with Crippen LogP contribution in [0.3, 0.4) is 0 Å². The predicted octanol–water partition coefficient (Wildman–Crippen LogP) is 0.462. The van der Waals surface area contributed by atoms with E-state index in [9.17, 15) is 53.1 Å². The van der Waals surface area contributed by atoms with E-state index in [4.69, 9.17) is 28.7 Å². The molecule has 10 amide bonds. The lowest BCUT2D eigenvalue weighted by atomic mass is 9.85. The third-order valence-electron chi connectivity index (χ3n) is 16.3. The number of aliphatic hydroxyl groups excluding tert-OH is 1. The molecule has 0 bridgehead atoms. The number of aliphatic hydroxyl groups is 1. The monoisotopic (exact) mass is 1270 g/mol. The minimum atomic E-state index is -1.47. The van der Waals surface area contributed by atoms with Gasteiger partial charge in [0.2, 0.25) is 59.1 Å². The molecule has 0 aromatic heterocycles. The van der Waals surface area contributed by atoms with Crippen molar-refractivity contribution in [3.63, 3.8) is 0 Å². The van der Waals surface area contributed by atoms with Gasteiger partial charge in [0, 0.05) is 12.8 Å². The van der Waals surface area contributed by atoms with E-state index in [0.29, 0.717) is 29.9 Å². The molecular weight excluding hydrogens is 1160 g/mol. The summed E-state index contributed by atoms with van der Waals surface area (Å²) in [5, 5.41) is 34.2. The van der Waals surface area contributed by atoms with Crippen LogP contribution in [0.2, 0.25) is 0 Å². The number of amides is 10. The number of rotatable bonds is 39. The summed E-state index contributed by atoms with van der Waals surface area (Å²) in [4.78, 5) is 140. The van der Waals surface area contributed by atoms with Gasteiger partial charge in [-0.25, -0.2) is 0 Å². The Hall–Kier alpha value is -7.84. The van der Waals surface area contributed by atoms with E-state index < -0.39 is 132 Å². The molecule has 3 aromatic carbocycles. The molecular formula is C66H102N14O11. The predicted molar refractivity (Wildman–Crippen MR) is 348 cm³/mol. The highest BCUT2D eigenvalue weighted by atomic mass is 16.3. The van der Waals surface area contributed by atoms with Crippen molar-refractivity contribution in [2.75, 3.05) is 26.2 Å². The molecule has 0 spiro atoms. The number of carbonyl (C=O) groups is 10. The van der Waals surface area contributed by atoms with Crippen LogP contribution >= 0.6 is 0 Å². The van der Waals surface area contributed by atoms with Crippen molar-refractivity contribution in [3.8, 4) is 11.1 Å². The van der Waals surface area contributed by atoms with Gasteiger partial charge in [-0.2, -0.15) is 0 Å². The largest absolute Gasteiger partial charge is 0.394 e. The van der Waals surface area contributed by atoms with E-state index in [1.54, 1.807) is 49.4 Å². The van der Waals surface area contributed by atoms with E-state index in [0.717, 1.165) is 43.2 Å². The van der Waals surface area contributed by atoms with Crippen molar-refractivity contribution in [2.24, 2.45) is 52.3 Å². The molecule has 1 saturated carbocycles. The van der Waals surface area contributed by atoms with Crippen LogP contribution in [-0.2, 0) is 60.8 Å². The molecule has 2 unspecified atom stereocenters. The second-order valence-corrected chi connectivity index (χ2v) is 24.7. The summed E-state index contributed by atoms with van der Waals surface area (Å²) < 4.78 is 0. The lowest BCUT2D eigenvalue weighted by Gasteiger charge is -2.30. The Morgan fingerprint density at radius 2 is 0.813 bits per heavy atom. The maximum absolute atomic E-state index is 14.7. The van der Waals surface area contributed by atoms with Gasteiger partial charge in [0.25, 0.3) is 0 Å². The minimum Gasteiger partial charge on any atom is -0.394 e. The van der Waals surface area contributed by atoms with Gasteiger partial charge in [-0.1, -0.05) is 165 Å². The zero-order chi connectivity index (χ0) is 67.2. The molecule has 25 heteroatoms. The molecule has 4 rings (SSSR count). The Kier molecular flexibility index (Phi) is 32.8. The Bertz CT molecular complexity index is 2810. The standard InChI is InChI=1S/C66H102N14O11/c1-7-41(6)56(80-61(86)50(29-32-69)72-58(83)47(70)35-42-17-11-8-12-18-42)66(91)74-49(28-31-68)60(85)77-53(36-43-19-13-9-14-20-43)64(89)76-51(33-39(2)3)62(87)73-48(27-30-67)59(84)75-52(34-40(4)5)63(88)78-54(65(90)79-55(38-81)57(71)82)37-44-23-25-46(26-24-44)45-21-15-10-16-22-45/h9-10,13-16,19-26,39-42,47-56,81H,7-8,11-12,17-18,27-38,67-70H2,1-6H3,(H2,71,82)(H,72,83)(H,73,87)(H,74,91)(H,75,84)(H,76,89)(H,77,85)(H,78,88)(H,79,90)(H,80,86)/t41?,47?,48-,49-,50-,51-,52+,53+,54-,55-,56-/m0/s1. The van der Waals surface area contributed by atoms with Crippen LogP contribution in [0.5, 0.6) is 0 Å². The maximum atomic E-state index is 14.7. The van der Waals surface area contributed by atoms with Crippen molar-refractivity contribution in [1.29, 1.82) is 0 Å². The summed E-state index contributed by atoms with van der Waals surface area (Å²) in [6, 6.07) is 13.1. The Morgan fingerprint density at radius 3 is 1.24 bits per heavy atom. The van der Waals surface area contributed by atoms with Crippen LogP contribution in [0.15, 0.2) is 84.9 Å². The normalized spacial score (nSPS) is 16.1. The Balaban J connectivity index is 1.54. The fraction of sp³-hybridized carbons (Fsp3) is 0.576. The molecule has 1 aliphatic carbocycles. The average Bonchev–Trinajstić information content (AvgIpc) is 1.51. The molecule has 0 aliphatic heterocycles. The third-order valence-corrected chi connectivity index (χ3v) is 16.3. The van der Waals surface area contributed by atoms with E-state index in [1.807, 2.05) is 77.1 Å². The molecule has 11 atom stereocenters. The lowest BCUT2D eigenvalue weighted by Crippen LogP contribution is -2.61. The van der Waals surface area contributed by atoms with Gasteiger partial charge < -0.3 is 81.6 Å². The summed E-state index contributed by atoms with van der Waals surface area (Å²) in [5.41, 5.74) is 32.8. The van der Waals surface area contributed by atoms with Crippen molar-refractivity contribution >= 4 is 59.1 Å². The summed E-state index contributed by atoms with van der Waals surface area (Å²) in [7, 11) is 0. The molecule has 1 fully saturated rings. The zero-order valence-corrected chi connectivity index (χ0v) is 53.8. The van der Waals surface area contributed by atoms with Gasteiger partial charge in [0.1, 0.15) is 54.4 Å². The number of hydrogen-bond acceptors (Lipinski definition) is 15. The fourth-order valence-corrected chi connectivity index (χ4v) is 10.9. The Labute approximate surface area is 535 Å². The second kappa shape index (κ2) is 39.4. The highest BCUT2D eigenvalue weighted by Crippen LogP contribution is 2.27. The second-order valence-electron chi connectivity index (χ2n) is 24.7. The first-order chi connectivity index (χ1) is 43.4. The average molecular weight is 1270 g/mol. The number of nitrogens with one attached hydrogen (secondary N) is 9. The van der Waals surface area contributed by atoms with Crippen molar-refractivity contribution in [1.82, 2.24) is 47.9 Å². The third kappa shape index (κ3) is 25.8. The molecule has 1 aliphatic rings. The number of primary amides is 1. The smallest absolute Gasteiger partial charge is 0.243 e. The zero-order valence-electron chi connectivity index (χ0n) is 53.8. The number of benzene rings is 3. The van der Waals surface area contributed by atoms with Crippen LogP contribution in [0.25, 0.3) is 11.1 Å². The summed E-state index contributed by atoms with van der Waals surface area (Å²) >= 11 is 0. The van der Waals surface area contributed by atoms with Crippen molar-refractivity contribution < 1.29 is 53.1 Å². The van der Waals surface area contributed by atoms with Gasteiger partial charge in [0.05, 0.1) is 12.6 Å². The number of carbonyl (C=O) groups excluding carboxylic acids is 10. The van der Waals surface area contributed by atoms with E-state index >= 15 is 0 Å². The van der Waals surface area contributed by atoms with Crippen LogP contribution in [0.1, 0.15) is 130 Å². The molecule has 20 N–H and O–H groups in total. The molecule has 0 radical (unpaired) electrons. The first-order valence-electron chi connectivity index (χ1n) is 32.1. The van der Waals surface area contributed by atoms with Crippen LogP contribution in [0, 0.1) is 23.7 Å². The van der Waals surface area contributed by atoms with Crippen LogP contribution < -0.4 is 76.5 Å². The highest BCUT2D eigenvalue weighted by molar-refractivity contribution is 5.99. The van der Waals surface area contributed by atoms with Crippen molar-refractivity contribution in [3.05, 3.63) is 96.1 Å². The van der Waals surface area contributed by atoms with Crippen LogP contribution in [0.4, 0.5) is 0 Å². The molecule has 3 aromatic rings. The lowest BCUT2D eigenvalue weighted by molar-refractivity contribution is -0.136. The summed E-state index contributed by atoms with van der Waals surface area (Å²) in [6.07, 6.45) is 5.99. The summed E-state index contributed by atoms with van der Waals surface area (Å²) in [6.45, 7) is 9.89.